The Balaban J connectivity index is 0.000000784. The van der Waals surface area contributed by atoms with Crippen molar-refractivity contribution in [2.75, 3.05) is 37.0 Å². The Hall–Kier alpha value is -2.74. The summed E-state index contributed by atoms with van der Waals surface area (Å²) in [6.07, 6.45) is -2.32. The number of hydrogen-bond donors (Lipinski definition) is 3. The fourth-order valence-corrected chi connectivity index (χ4v) is 3.53. The van der Waals surface area contributed by atoms with Gasteiger partial charge in [-0.2, -0.15) is 8.42 Å². The lowest BCUT2D eigenvalue weighted by Crippen LogP contribution is -2.33. The summed E-state index contributed by atoms with van der Waals surface area (Å²) >= 11 is 5.26. The number of nitrogens with one attached hydrogen (secondary N) is 2. The Morgan fingerprint density at radius 3 is 2.17 bits per heavy atom. The van der Waals surface area contributed by atoms with Crippen molar-refractivity contribution in [2.24, 2.45) is 5.92 Å². The number of thiocarbonyl (C=S) groups is 1. The third-order valence-electron chi connectivity index (χ3n) is 4.84. The number of benzene rings is 2. The van der Waals surface area contributed by atoms with Gasteiger partial charge in [0.05, 0.1) is 6.26 Å². The van der Waals surface area contributed by atoms with E-state index in [1.165, 1.54) is 24.3 Å². The first-order valence-electron chi connectivity index (χ1n) is 10.4. The molecule has 2 aromatic carbocycles. The number of Topliss-reactive ketones (excluding diaryl/α,β-unsaturated/α-hetero) is 1. The van der Waals surface area contributed by atoms with Gasteiger partial charge in [-0.15, -0.1) is 13.2 Å². The molecule has 0 aromatic heterocycles. The zero-order chi connectivity index (χ0) is 26.2. The van der Waals surface area contributed by atoms with E-state index in [0.29, 0.717) is 23.2 Å². The smallest absolute Gasteiger partial charge is 0.406 e. The first-order valence-corrected chi connectivity index (χ1v) is 12.6. The Morgan fingerprint density at radius 1 is 1.09 bits per heavy atom. The topological polar surface area (TPSA) is 108 Å². The highest BCUT2D eigenvalue weighted by Gasteiger charge is 2.31. The zero-order valence-corrected chi connectivity index (χ0v) is 20.6. The van der Waals surface area contributed by atoms with Crippen LogP contribution in [-0.2, 0) is 10.1 Å². The molecule has 35 heavy (non-hydrogen) atoms. The molecule has 192 valence electrons. The summed E-state index contributed by atoms with van der Waals surface area (Å²) in [5, 5.41) is 6.14. The third kappa shape index (κ3) is 11.5. The number of nitrogens with zero attached hydrogens (tertiary/aromatic N) is 1. The number of alkyl halides is 3. The molecule has 1 aliphatic heterocycles. The van der Waals surface area contributed by atoms with Gasteiger partial charge in [-0.05, 0) is 81.6 Å². The van der Waals surface area contributed by atoms with E-state index in [9.17, 15) is 26.4 Å². The molecule has 3 rings (SSSR count). The van der Waals surface area contributed by atoms with E-state index in [1.54, 1.807) is 24.3 Å². The van der Waals surface area contributed by atoms with Gasteiger partial charge in [-0.3, -0.25) is 9.35 Å². The molecule has 2 aromatic rings. The number of carbonyl (C=O) groups is 1. The maximum atomic E-state index is 12.8. The molecule has 1 aliphatic rings. The van der Waals surface area contributed by atoms with Crippen molar-refractivity contribution < 1.29 is 35.7 Å². The number of carbonyl (C=O) groups excluding carboxylic acids is 1. The molecule has 0 aliphatic carbocycles. The monoisotopic (exact) mass is 533 g/mol. The second kappa shape index (κ2) is 12.3. The average Bonchev–Trinajstić information content (AvgIpc) is 2.73. The van der Waals surface area contributed by atoms with E-state index < -0.39 is 16.5 Å². The predicted octanol–water partition coefficient (Wildman–Crippen LogP) is 4.42. The van der Waals surface area contributed by atoms with E-state index in [4.69, 9.17) is 16.8 Å². The highest BCUT2D eigenvalue weighted by atomic mass is 32.2. The molecule has 0 spiro atoms. The molecule has 0 radical (unpaired) electrons. The van der Waals surface area contributed by atoms with E-state index in [0.717, 1.165) is 25.9 Å². The second-order valence-electron chi connectivity index (χ2n) is 7.91. The Labute approximate surface area is 207 Å². The van der Waals surface area contributed by atoms with Gasteiger partial charge in [0, 0.05) is 22.9 Å². The average molecular weight is 534 g/mol. The fourth-order valence-electron chi connectivity index (χ4n) is 3.29. The van der Waals surface area contributed by atoms with Crippen LogP contribution in [0.15, 0.2) is 48.5 Å². The summed E-state index contributed by atoms with van der Waals surface area (Å²) in [6.45, 7) is 1.82. The van der Waals surface area contributed by atoms with Gasteiger partial charge < -0.3 is 20.3 Å². The molecule has 0 saturated carbocycles. The number of anilines is 2. The number of ketones is 1. The van der Waals surface area contributed by atoms with Gasteiger partial charge in [0.2, 0.25) is 0 Å². The van der Waals surface area contributed by atoms with Gasteiger partial charge in [0.1, 0.15) is 5.75 Å². The normalized spacial score (nSPS) is 14.9. The first kappa shape index (κ1) is 28.5. The van der Waals surface area contributed by atoms with E-state index in [2.05, 4.69) is 27.3 Å². The van der Waals surface area contributed by atoms with E-state index in [-0.39, 0.29) is 22.6 Å². The minimum absolute atomic E-state index is 0.0268. The molecule has 0 amide bonds. The summed E-state index contributed by atoms with van der Waals surface area (Å²) < 4.78 is 66.4. The summed E-state index contributed by atoms with van der Waals surface area (Å²) in [6, 6.07) is 12.4. The Morgan fingerprint density at radius 2 is 1.63 bits per heavy atom. The van der Waals surface area contributed by atoms with Crippen molar-refractivity contribution in [2.45, 2.75) is 19.2 Å². The Bertz CT molecular complexity index is 1110. The van der Waals surface area contributed by atoms with Crippen LogP contribution in [0.2, 0.25) is 0 Å². The third-order valence-corrected chi connectivity index (χ3v) is 5.04. The van der Waals surface area contributed by atoms with Crippen LogP contribution >= 0.6 is 12.2 Å². The van der Waals surface area contributed by atoms with Crippen molar-refractivity contribution in [3.63, 3.8) is 0 Å². The van der Waals surface area contributed by atoms with Crippen LogP contribution < -0.4 is 15.4 Å². The van der Waals surface area contributed by atoms with Gasteiger partial charge >= 0.3 is 6.36 Å². The maximum Gasteiger partial charge on any atom is 0.573 e. The number of ether oxygens (including phenoxy) is 1. The molecule has 0 atom stereocenters. The maximum absolute atomic E-state index is 12.8. The standard InChI is InChI=1S/C21H22F3N3O2S.CH4O3S/c1-27-11-9-14(10-12-27)19(28)15-3-2-4-17(13-15)26-20(30)25-16-5-7-18(8-6-16)29-21(22,23)24;1-5(2,3)4/h2-8,13-14H,9-12H2,1H3,(H2,25,26,30);1H3,(H,2,3,4). The van der Waals surface area contributed by atoms with E-state index >= 15 is 0 Å². The minimum atomic E-state index is -4.73. The summed E-state index contributed by atoms with van der Waals surface area (Å²) in [5.41, 5.74) is 1.79. The van der Waals surface area contributed by atoms with E-state index in [1.807, 2.05) is 0 Å². The zero-order valence-electron chi connectivity index (χ0n) is 19.0. The molecule has 0 unspecified atom stereocenters. The molecule has 1 heterocycles. The number of rotatable bonds is 5. The molecule has 0 bridgehead atoms. The molecule has 1 fully saturated rings. The highest BCUT2D eigenvalue weighted by molar-refractivity contribution is 7.85. The van der Waals surface area contributed by atoms with Crippen LogP contribution in [0.5, 0.6) is 5.75 Å². The van der Waals surface area contributed by atoms with Crippen molar-refractivity contribution in [3.05, 3.63) is 54.1 Å². The van der Waals surface area contributed by atoms with Crippen LogP contribution in [0.25, 0.3) is 0 Å². The summed E-state index contributed by atoms with van der Waals surface area (Å²) in [4.78, 5) is 15.0. The molecule has 1 saturated heterocycles. The van der Waals surface area contributed by atoms with Crippen molar-refractivity contribution in [1.82, 2.24) is 4.90 Å². The molecular formula is C22H26F3N3O5S2. The second-order valence-corrected chi connectivity index (χ2v) is 9.78. The molecule has 8 nitrogen and oxygen atoms in total. The first-order chi connectivity index (χ1) is 16.2. The van der Waals surface area contributed by atoms with Crippen LogP contribution in [0.3, 0.4) is 0 Å². The molecular weight excluding hydrogens is 507 g/mol. The van der Waals surface area contributed by atoms with Gasteiger partial charge in [-0.1, -0.05) is 12.1 Å². The van der Waals surface area contributed by atoms with Crippen LogP contribution in [-0.4, -0.2) is 61.5 Å². The molecule has 13 heteroatoms. The number of hydrogen-bond acceptors (Lipinski definition) is 6. The number of halogens is 3. The van der Waals surface area contributed by atoms with Crippen LogP contribution in [0.1, 0.15) is 23.2 Å². The summed E-state index contributed by atoms with van der Waals surface area (Å²) in [7, 11) is -1.62. The predicted molar refractivity (Wildman–Crippen MR) is 131 cm³/mol. The van der Waals surface area contributed by atoms with Crippen molar-refractivity contribution >= 4 is 44.6 Å². The molecule has 3 N–H and O–H groups in total. The van der Waals surface area contributed by atoms with Gasteiger partial charge in [0.25, 0.3) is 10.1 Å². The van der Waals surface area contributed by atoms with Crippen molar-refractivity contribution in [3.8, 4) is 5.75 Å². The highest BCUT2D eigenvalue weighted by Crippen LogP contribution is 2.25. The number of piperidine rings is 1. The van der Waals surface area contributed by atoms with Crippen LogP contribution in [0, 0.1) is 5.92 Å². The lowest BCUT2D eigenvalue weighted by atomic mass is 9.89. The fraction of sp³-hybridized carbons (Fsp3) is 0.364. The lowest BCUT2D eigenvalue weighted by Gasteiger charge is -2.28. The minimum Gasteiger partial charge on any atom is -0.406 e. The Kier molecular flexibility index (Phi) is 10.0. The SMILES string of the molecule is CN1CCC(C(=O)c2cccc(NC(=S)Nc3ccc(OC(F)(F)F)cc3)c2)CC1.CS(=O)(=O)O. The quantitative estimate of drug-likeness (QED) is 0.292. The van der Waals surface area contributed by atoms with Crippen LogP contribution in [0.4, 0.5) is 24.5 Å². The van der Waals surface area contributed by atoms with Crippen molar-refractivity contribution in [1.29, 1.82) is 0 Å². The lowest BCUT2D eigenvalue weighted by molar-refractivity contribution is -0.274. The van der Waals surface area contributed by atoms with Gasteiger partial charge in [-0.25, -0.2) is 0 Å². The largest absolute Gasteiger partial charge is 0.573 e. The number of likely N-dealkylation sites (tertiary alicyclic amines) is 1. The van der Waals surface area contributed by atoms with Gasteiger partial charge in [0.15, 0.2) is 10.9 Å². The summed E-state index contributed by atoms with van der Waals surface area (Å²) in [5.74, 6) is -0.156.